The Balaban J connectivity index is 1.63. The predicted octanol–water partition coefficient (Wildman–Crippen LogP) is 3.35. The molecule has 0 spiro atoms. The van der Waals surface area contributed by atoms with Crippen LogP contribution in [-0.4, -0.2) is 39.8 Å². The van der Waals surface area contributed by atoms with E-state index in [1.54, 1.807) is 23.5 Å². The number of nitrogens with one attached hydrogen (secondary N) is 1. The van der Waals surface area contributed by atoms with E-state index in [9.17, 15) is 4.39 Å². The summed E-state index contributed by atoms with van der Waals surface area (Å²) in [5.41, 5.74) is 4.16. The van der Waals surface area contributed by atoms with Gasteiger partial charge in [-0.25, -0.2) is 9.37 Å². The van der Waals surface area contributed by atoms with Crippen molar-refractivity contribution in [1.82, 2.24) is 20.1 Å². The number of fused-ring (bicyclic) bond motifs is 1. The first kappa shape index (κ1) is 15.7. The molecule has 0 bridgehead atoms. The second kappa shape index (κ2) is 6.23. The molecule has 1 unspecified atom stereocenters. The van der Waals surface area contributed by atoms with Gasteiger partial charge in [-0.3, -0.25) is 10.00 Å². The van der Waals surface area contributed by atoms with Gasteiger partial charge in [-0.1, -0.05) is 0 Å². The van der Waals surface area contributed by atoms with Gasteiger partial charge in [-0.2, -0.15) is 5.10 Å². The molecular weight excluding hydrogens is 327 g/mol. The van der Waals surface area contributed by atoms with Gasteiger partial charge in [0.05, 0.1) is 41.7 Å². The highest BCUT2D eigenvalue weighted by Crippen LogP contribution is 2.31. The van der Waals surface area contributed by atoms with Crippen molar-refractivity contribution in [3.63, 3.8) is 0 Å². The number of ether oxygens (including phenoxy) is 1. The van der Waals surface area contributed by atoms with Crippen LogP contribution in [0.1, 0.15) is 28.0 Å². The van der Waals surface area contributed by atoms with E-state index in [0.29, 0.717) is 13.2 Å². The second-order valence-corrected chi connectivity index (χ2v) is 7.24. The number of nitrogens with zero attached hydrogens (tertiary/aromatic N) is 3. The fourth-order valence-electron chi connectivity index (χ4n) is 3.33. The van der Waals surface area contributed by atoms with Gasteiger partial charge in [0.15, 0.2) is 0 Å². The summed E-state index contributed by atoms with van der Waals surface area (Å²) in [6.45, 7) is 7.01. The molecule has 0 radical (unpaired) electrons. The third kappa shape index (κ3) is 2.83. The predicted molar refractivity (Wildman–Crippen MR) is 91.6 cm³/mol. The highest BCUT2D eigenvalue weighted by Gasteiger charge is 2.29. The Bertz CT molecular complexity index is 855. The summed E-state index contributed by atoms with van der Waals surface area (Å²) in [5, 5.41) is 8.38. The van der Waals surface area contributed by atoms with Crippen LogP contribution < -0.4 is 0 Å². The lowest BCUT2D eigenvalue weighted by atomic mass is 10.0. The molecule has 1 atom stereocenters. The topological polar surface area (TPSA) is 54.0 Å². The van der Waals surface area contributed by atoms with Crippen LogP contribution >= 0.6 is 11.3 Å². The average molecular weight is 346 g/mol. The first-order valence-corrected chi connectivity index (χ1v) is 8.81. The van der Waals surface area contributed by atoms with Gasteiger partial charge in [0.1, 0.15) is 10.8 Å². The average Bonchev–Trinajstić information content (AvgIpc) is 3.10. The van der Waals surface area contributed by atoms with E-state index in [-0.39, 0.29) is 11.9 Å². The van der Waals surface area contributed by atoms with E-state index >= 15 is 0 Å². The monoisotopic (exact) mass is 346 g/mol. The van der Waals surface area contributed by atoms with Gasteiger partial charge in [0.25, 0.3) is 0 Å². The molecule has 0 saturated carbocycles. The number of aryl methyl sites for hydroxylation is 2. The molecule has 0 amide bonds. The zero-order valence-electron chi connectivity index (χ0n) is 13.7. The lowest BCUT2D eigenvalue weighted by Crippen LogP contribution is -2.39. The van der Waals surface area contributed by atoms with E-state index in [1.807, 2.05) is 13.8 Å². The molecule has 1 aliphatic rings. The molecule has 4 rings (SSSR count). The molecule has 3 aromatic rings. The molecule has 1 N–H and O–H groups in total. The van der Waals surface area contributed by atoms with Crippen LogP contribution in [-0.2, 0) is 11.3 Å². The van der Waals surface area contributed by atoms with E-state index in [4.69, 9.17) is 4.74 Å². The third-order valence-electron chi connectivity index (χ3n) is 4.49. The summed E-state index contributed by atoms with van der Waals surface area (Å²) < 4.78 is 20.0. The second-order valence-electron chi connectivity index (χ2n) is 6.13. The summed E-state index contributed by atoms with van der Waals surface area (Å²) in [6, 6.07) is 4.92. The number of halogens is 1. The fraction of sp³-hybridized carbons (Fsp3) is 0.412. The lowest BCUT2D eigenvalue weighted by Gasteiger charge is -2.35. The number of thiazole rings is 1. The summed E-state index contributed by atoms with van der Waals surface area (Å²) in [5.74, 6) is -0.216. The molecular formula is C17H19FN4OS. The number of morpholine rings is 1. The summed E-state index contributed by atoms with van der Waals surface area (Å²) in [6.07, 6.45) is 0. The number of aromatic amines is 1. The molecule has 7 heteroatoms. The van der Waals surface area contributed by atoms with Crippen LogP contribution in [0.4, 0.5) is 4.39 Å². The van der Waals surface area contributed by atoms with Crippen molar-refractivity contribution in [2.45, 2.75) is 26.4 Å². The number of rotatable bonds is 3. The van der Waals surface area contributed by atoms with Crippen molar-refractivity contribution < 1.29 is 9.13 Å². The minimum Gasteiger partial charge on any atom is -0.378 e. The van der Waals surface area contributed by atoms with E-state index in [0.717, 1.165) is 39.7 Å². The van der Waals surface area contributed by atoms with Crippen LogP contribution in [0, 0.1) is 19.7 Å². The zero-order valence-corrected chi connectivity index (χ0v) is 14.5. The Morgan fingerprint density at radius 1 is 1.42 bits per heavy atom. The van der Waals surface area contributed by atoms with Crippen molar-refractivity contribution in [2.24, 2.45) is 0 Å². The maximum atomic E-state index is 13.4. The molecule has 5 nitrogen and oxygen atoms in total. The van der Waals surface area contributed by atoms with E-state index in [2.05, 4.69) is 20.1 Å². The maximum Gasteiger partial charge on any atom is 0.124 e. The first-order chi connectivity index (χ1) is 11.6. The van der Waals surface area contributed by atoms with Gasteiger partial charge in [0, 0.05) is 17.8 Å². The standard InChI is InChI=1S/C17H19FN4OS/c1-10-17(11(2)21-20-10)14-9-23-6-5-22(14)8-16-19-13-4-3-12(18)7-15(13)24-16/h3-4,7,14H,5-6,8-9H2,1-2H3,(H,20,21). The summed E-state index contributed by atoms with van der Waals surface area (Å²) in [4.78, 5) is 7.03. The number of hydrogen-bond donors (Lipinski definition) is 1. The number of aromatic nitrogens is 3. The molecule has 1 saturated heterocycles. The van der Waals surface area contributed by atoms with Gasteiger partial charge < -0.3 is 4.74 Å². The van der Waals surface area contributed by atoms with Crippen LogP contribution in [0.15, 0.2) is 18.2 Å². The van der Waals surface area contributed by atoms with Gasteiger partial charge in [-0.05, 0) is 32.0 Å². The van der Waals surface area contributed by atoms with Crippen LogP contribution in [0.3, 0.4) is 0 Å². The molecule has 1 aliphatic heterocycles. The minimum atomic E-state index is -0.216. The van der Waals surface area contributed by atoms with E-state index < -0.39 is 0 Å². The minimum absolute atomic E-state index is 0.168. The number of hydrogen-bond acceptors (Lipinski definition) is 5. The van der Waals surface area contributed by atoms with Gasteiger partial charge in [0.2, 0.25) is 0 Å². The van der Waals surface area contributed by atoms with E-state index in [1.165, 1.54) is 11.6 Å². The summed E-state index contributed by atoms with van der Waals surface area (Å²) in [7, 11) is 0. The van der Waals surface area contributed by atoms with Crippen LogP contribution in [0.25, 0.3) is 10.2 Å². The molecule has 24 heavy (non-hydrogen) atoms. The van der Waals surface area contributed by atoms with Gasteiger partial charge in [-0.15, -0.1) is 11.3 Å². The van der Waals surface area contributed by atoms with Crippen molar-refractivity contribution in [2.75, 3.05) is 19.8 Å². The number of H-pyrrole nitrogens is 1. The van der Waals surface area contributed by atoms with Crippen LogP contribution in [0.2, 0.25) is 0 Å². The van der Waals surface area contributed by atoms with Crippen molar-refractivity contribution in [3.8, 4) is 0 Å². The third-order valence-corrected chi connectivity index (χ3v) is 5.49. The Kier molecular flexibility index (Phi) is 4.07. The largest absolute Gasteiger partial charge is 0.378 e. The molecule has 126 valence electrons. The zero-order chi connectivity index (χ0) is 16.7. The van der Waals surface area contributed by atoms with Crippen molar-refractivity contribution >= 4 is 21.6 Å². The molecule has 2 aromatic heterocycles. The Morgan fingerprint density at radius 2 is 2.29 bits per heavy atom. The normalized spacial score (nSPS) is 19.2. The first-order valence-electron chi connectivity index (χ1n) is 8.00. The van der Waals surface area contributed by atoms with Crippen molar-refractivity contribution in [1.29, 1.82) is 0 Å². The summed E-state index contributed by atoms with van der Waals surface area (Å²) >= 11 is 1.56. The Labute approximate surface area is 143 Å². The molecule has 0 aliphatic carbocycles. The highest BCUT2D eigenvalue weighted by molar-refractivity contribution is 7.18. The van der Waals surface area contributed by atoms with Crippen molar-refractivity contribution in [3.05, 3.63) is 46.0 Å². The molecule has 1 aromatic carbocycles. The Morgan fingerprint density at radius 3 is 3.08 bits per heavy atom. The quantitative estimate of drug-likeness (QED) is 0.790. The van der Waals surface area contributed by atoms with Crippen LogP contribution in [0.5, 0.6) is 0 Å². The number of benzene rings is 1. The smallest absolute Gasteiger partial charge is 0.124 e. The Hall–Kier alpha value is -1.83. The fourth-order valence-corrected chi connectivity index (χ4v) is 4.35. The molecule has 3 heterocycles. The lowest BCUT2D eigenvalue weighted by molar-refractivity contribution is -0.0131. The highest BCUT2D eigenvalue weighted by atomic mass is 32.1. The SMILES string of the molecule is Cc1n[nH]c(C)c1C1COCCN1Cc1nc2ccc(F)cc2s1. The maximum absolute atomic E-state index is 13.4. The molecule has 1 fully saturated rings. The van der Waals surface area contributed by atoms with Gasteiger partial charge >= 0.3 is 0 Å².